The van der Waals surface area contributed by atoms with Gasteiger partial charge >= 0.3 is 41.6 Å². The van der Waals surface area contributed by atoms with Crippen LogP contribution in [0.2, 0.25) is 0 Å². The van der Waals surface area contributed by atoms with Crippen molar-refractivity contribution in [2.45, 2.75) is 27.1 Å². The molecule has 26 heteroatoms. The zero-order valence-corrected chi connectivity index (χ0v) is 36.7. The van der Waals surface area contributed by atoms with Gasteiger partial charge in [0.25, 0.3) is 0 Å². The smallest absolute Gasteiger partial charge is 0.446 e. The molecule has 2 heterocycles. The van der Waals surface area contributed by atoms with E-state index in [0.717, 1.165) is 36.4 Å². The lowest BCUT2D eigenvalue weighted by Gasteiger charge is -2.16. The maximum atomic E-state index is 13.5. The lowest BCUT2D eigenvalue weighted by molar-refractivity contribution is 0.303. The van der Waals surface area contributed by atoms with Crippen LogP contribution in [0.3, 0.4) is 0 Å². The first kappa shape index (κ1) is 46.9. The summed E-state index contributed by atoms with van der Waals surface area (Å²) in [5.74, 6) is -2.06. The van der Waals surface area contributed by atoms with Crippen LogP contribution in [0.25, 0.3) is 44.6 Å². The van der Waals surface area contributed by atoms with Crippen molar-refractivity contribution >= 4 is 63.5 Å². The average Bonchev–Trinajstić information content (AvgIpc) is 3.18. The van der Waals surface area contributed by atoms with Crippen LogP contribution in [0.15, 0.2) is 115 Å². The normalized spacial score (nSPS) is 12.2. The summed E-state index contributed by atoms with van der Waals surface area (Å²) in [5.41, 5.74) is 0.991. The highest BCUT2D eigenvalue weighted by molar-refractivity contribution is 7.82. The lowest BCUT2D eigenvalue weighted by atomic mass is 10.0. The number of ether oxygens (including phenoxy) is 2. The van der Waals surface area contributed by atoms with Gasteiger partial charge < -0.3 is 35.0 Å². The van der Waals surface area contributed by atoms with Gasteiger partial charge in [-0.05, 0) is 84.6 Å². The van der Waals surface area contributed by atoms with Crippen LogP contribution >= 0.6 is 0 Å². The van der Waals surface area contributed by atoms with E-state index in [0.29, 0.717) is 22.3 Å². The van der Waals surface area contributed by atoms with E-state index in [4.69, 9.17) is 27.4 Å². The number of hydrogen-bond acceptors (Lipinski definition) is 18. The summed E-state index contributed by atoms with van der Waals surface area (Å²) < 4.78 is 170. The molecular weight excluding hydrogens is 961 g/mol. The van der Waals surface area contributed by atoms with E-state index >= 15 is 0 Å². The predicted octanol–water partition coefficient (Wildman–Crippen LogP) is 5.73. The Balaban J connectivity index is 1.16. The van der Waals surface area contributed by atoms with Crippen LogP contribution in [0.1, 0.15) is 22.3 Å². The van der Waals surface area contributed by atoms with E-state index in [9.17, 15) is 52.4 Å². The molecule has 22 nitrogen and oxygen atoms in total. The SMILES string of the molecule is Cc1cc(COc2cc(OS(=O)(=O)O)cc3oc(-c4ccc(OS(=O)(=O)O)cc4)cc(=O)c23)c(C)cc1COc1cc(OS(=O)(=O)O)cc2oc(-c3ccc(OS(=O)(=O)O)cc3)cc(=O)c12. The van der Waals surface area contributed by atoms with Crippen LogP contribution < -0.4 is 37.1 Å². The molecule has 66 heavy (non-hydrogen) atoms. The van der Waals surface area contributed by atoms with Crippen molar-refractivity contribution in [3.63, 3.8) is 0 Å². The highest BCUT2D eigenvalue weighted by atomic mass is 32.3. The highest BCUT2D eigenvalue weighted by Crippen LogP contribution is 2.36. The van der Waals surface area contributed by atoms with Crippen molar-refractivity contribution in [2.24, 2.45) is 0 Å². The molecule has 0 bridgehead atoms. The molecular formula is C40H30O22S4. The van der Waals surface area contributed by atoms with Gasteiger partial charge in [-0.25, -0.2) is 0 Å². The Morgan fingerprint density at radius 3 is 1.08 bits per heavy atom. The standard InChI is InChI=1S/C40H30O22S4/c1-21-11-26(20-56-36-14-30(62-66(52,53)54)16-38-40(36)32(42)18-34(58-38)24-5-9-28(10-6-24)60-64(46,47)48)22(2)12-25(21)19-55-35-13-29(61-65(49,50)51)15-37-39(35)31(41)17-33(57-37)23-3-7-27(8-4-23)59-63(43,44)45/h3-18H,19-20H2,1-2H3,(H,43,44,45)(H,46,47,48)(H,49,50,51)(H,52,53,54). The molecule has 0 spiro atoms. The summed E-state index contributed by atoms with van der Waals surface area (Å²) in [7, 11) is -19.8. The predicted molar refractivity (Wildman–Crippen MR) is 229 cm³/mol. The number of rotatable bonds is 16. The molecule has 5 aromatic carbocycles. The summed E-state index contributed by atoms with van der Waals surface area (Å²) >= 11 is 0. The van der Waals surface area contributed by atoms with Crippen LogP contribution in [0, 0.1) is 13.8 Å². The second kappa shape index (κ2) is 17.7. The summed E-state index contributed by atoms with van der Waals surface area (Å²) in [6.07, 6.45) is 0. The average molecular weight is 991 g/mol. The number of benzene rings is 5. The summed E-state index contributed by atoms with van der Waals surface area (Å²) in [4.78, 5) is 27.1. The van der Waals surface area contributed by atoms with E-state index in [1.165, 1.54) is 48.5 Å². The maximum Gasteiger partial charge on any atom is 0.446 e. The minimum Gasteiger partial charge on any atom is -0.488 e. The minimum atomic E-state index is -5.07. The molecule has 7 rings (SSSR count). The first-order valence-corrected chi connectivity index (χ1v) is 23.7. The zero-order chi connectivity index (χ0) is 47.9. The fourth-order valence-electron chi connectivity index (χ4n) is 6.46. The van der Waals surface area contributed by atoms with Crippen LogP contribution in [-0.2, 0) is 54.8 Å². The van der Waals surface area contributed by atoms with E-state index in [1.54, 1.807) is 26.0 Å². The van der Waals surface area contributed by atoms with Gasteiger partial charge in [-0.2, -0.15) is 33.7 Å². The summed E-state index contributed by atoms with van der Waals surface area (Å²) in [6, 6.07) is 19.6. The molecule has 0 fully saturated rings. The molecule has 4 N–H and O–H groups in total. The van der Waals surface area contributed by atoms with E-state index < -0.39 is 64.0 Å². The molecule has 346 valence electrons. The second-order valence-corrected chi connectivity index (χ2v) is 18.0. The number of hydrogen-bond donors (Lipinski definition) is 4. The molecule has 0 amide bonds. The molecule has 0 saturated carbocycles. The molecule has 7 aromatic rings. The Morgan fingerprint density at radius 1 is 0.439 bits per heavy atom. The maximum absolute atomic E-state index is 13.5. The van der Waals surface area contributed by atoms with Crippen molar-refractivity contribution in [3.05, 3.63) is 140 Å². The van der Waals surface area contributed by atoms with E-state index in [2.05, 4.69) is 16.7 Å². The van der Waals surface area contributed by atoms with Crippen LogP contribution in [-0.4, -0.2) is 51.9 Å². The quantitative estimate of drug-likeness (QED) is 0.0839. The molecule has 0 radical (unpaired) electrons. The van der Waals surface area contributed by atoms with Gasteiger partial charge in [0, 0.05) is 47.5 Å². The molecule has 2 aromatic heterocycles. The van der Waals surface area contributed by atoms with E-state index in [-0.39, 0.29) is 80.8 Å². The third kappa shape index (κ3) is 11.8. The fourth-order valence-corrected chi connectivity index (χ4v) is 7.85. The Morgan fingerprint density at radius 2 is 0.758 bits per heavy atom. The molecule has 0 saturated heterocycles. The Labute approximate surface area is 372 Å². The molecule has 0 unspecified atom stereocenters. The summed E-state index contributed by atoms with van der Waals surface area (Å²) in [5, 5.41) is -0.307. The van der Waals surface area contributed by atoms with Gasteiger partial charge in [-0.3, -0.25) is 27.8 Å². The number of aryl methyl sites for hydroxylation is 2. The van der Waals surface area contributed by atoms with Gasteiger partial charge in [-0.1, -0.05) is 12.1 Å². The van der Waals surface area contributed by atoms with Crippen molar-refractivity contribution in [1.29, 1.82) is 0 Å². The van der Waals surface area contributed by atoms with Crippen molar-refractivity contribution in [1.82, 2.24) is 0 Å². The lowest BCUT2D eigenvalue weighted by Crippen LogP contribution is -2.10. The monoisotopic (exact) mass is 990 g/mol. The first-order valence-electron chi connectivity index (χ1n) is 18.2. The third-order valence-electron chi connectivity index (χ3n) is 9.18. The molecule has 0 aliphatic rings. The summed E-state index contributed by atoms with van der Waals surface area (Å²) in [6.45, 7) is 2.96. The van der Waals surface area contributed by atoms with Gasteiger partial charge in [0.1, 0.15) is 69.7 Å². The van der Waals surface area contributed by atoms with E-state index in [1.807, 2.05) is 0 Å². The van der Waals surface area contributed by atoms with Gasteiger partial charge in [0.2, 0.25) is 0 Å². The van der Waals surface area contributed by atoms with Gasteiger partial charge in [-0.15, -0.1) is 0 Å². The Bertz CT molecular complexity index is 3400. The zero-order valence-electron chi connectivity index (χ0n) is 33.4. The van der Waals surface area contributed by atoms with Crippen LogP contribution in [0.5, 0.6) is 34.5 Å². The van der Waals surface area contributed by atoms with Crippen molar-refractivity contribution in [3.8, 4) is 57.1 Å². The highest BCUT2D eigenvalue weighted by Gasteiger charge is 2.21. The first-order chi connectivity index (χ1) is 30.8. The molecule has 0 aliphatic heterocycles. The Kier molecular flexibility index (Phi) is 12.6. The topological polar surface area (TPSA) is 333 Å². The van der Waals surface area contributed by atoms with Gasteiger partial charge in [0.15, 0.2) is 22.4 Å². The van der Waals surface area contributed by atoms with Crippen molar-refractivity contribution < 1.29 is 86.9 Å². The number of fused-ring (bicyclic) bond motifs is 2. The second-order valence-electron chi connectivity index (χ2n) is 13.9. The fraction of sp³-hybridized carbons (Fsp3) is 0.100. The molecule has 0 atom stereocenters. The van der Waals surface area contributed by atoms with Crippen LogP contribution in [0.4, 0.5) is 0 Å². The van der Waals surface area contributed by atoms with Crippen molar-refractivity contribution in [2.75, 3.05) is 0 Å². The van der Waals surface area contributed by atoms with Gasteiger partial charge in [0.05, 0.1) is 0 Å². The minimum absolute atomic E-state index is 0.0684. The third-order valence-corrected chi connectivity index (χ3v) is 10.8. The largest absolute Gasteiger partial charge is 0.488 e. The Hall–Kier alpha value is -7.04. The molecule has 0 aliphatic carbocycles.